The second-order valence-electron chi connectivity index (χ2n) is 6.88. The Morgan fingerprint density at radius 2 is 1.89 bits per heavy atom. The lowest BCUT2D eigenvalue weighted by molar-refractivity contribution is -0.117. The van der Waals surface area contributed by atoms with Crippen LogP contribution in [0, 0.1) is 13.8 Å². The average Bonchev–Trinajstić information content (AvgIpc) is 2.63. The molecule has 0 saturated heterocycles. The molecule has 28 heavy (non-hydrogen) atoms. The molecule has 0 aliphatic carbocycles. The molecule has 1 aliphatic rings. The molecule has 0 bridgehead atoms. The molecule has 3 rings (SSSR count). The summed E-state index contributed by atoms with van der Waals surface area (Å²) in [5, 5.41) is 5.52. The van der Waals surface area contributed by atoms with Crippen LogP contribution in [-0.2, 0) is 26.0 Å². The van der Waals surface area contributed by atoms with Crippen molar-refractivity contribution in [3.63, 3.8) is 0 Å². The number of hydrogen-bond acceptors (Lipinski definition) is 4. The Kier molecular flexibility index (Phi) is 5.81. The first-order valence-corrected chi connectivity index (χ1v) is 10.5. The SMILES string of the molecule is Cc1ccc(NC(=O)CCNS(=O)(=O)c2ccc3c(c2)CCC(=O)N3)c(C)c1. The zero-order chi connectivity index (χ0) is 20.3. The predicted octanol–water partition coefficient (Wildman–Crippen LogP) is 2.50. The molecule has 2 aromatic carbocycles. The fourth-order valence-electron chi connectivity index (χ4n) is 3.08. The van der Waals surface area contributed by atoms with Crippen molar-refractivity contribution >= 4 is 33.2 Å². The van der Waals surface area contributed by atoms with Gasteiger partial charge in [0.1, 0.15) is 0 Å². The number of sulfonamides is 1. The van der Waals surface area contributed by atoms with Gasteiger partial charge in [0.15, 0.2) is 0 Å². The molecule has 2 aromatic rings. The van der Waals surface area contributed by atoms with Gasteiger partial charge in [-0.05, 0) is 55.7 Å². The maximum absolute atomic E-state index is 12.5. The Morgan fingerprint density at radius 1 is 1.11 bits per heavy atom. The van der Waals surface area contributed by atoms with Gasteiger partial charge in [-0.3, -0.25) is 9.59 Å². The highest BCUT2D eigenvalue weighted by atomic mass is 32.2. The molecule has 3 N–H and O–H groups in total. The molecule has 1 aliphatic heterocycles. The standard InChI is InChI=1S/C20H23N3O4S/c1-13-3-6-17(14(2)11-13)22-20(25)9-10-21-28(26,27)16-5-7-18-15(12-16)4-8-19(24)23-18/h3,5-7,11-12,21H,4,8-10H2,1-2H3,(H,22,25)(H,23,24). The number of amides is 2. The van der Waals surface area contributed by atoms with Crippen LogP contribution >= 0.6 is 0 Å². The van der Waals surface area contributed by atoms with Crippen LogP contribution in [0.2, 0.25) is 0 Å². The lowest BCUT2D eigenvalue weighted by Crippen LogP contribution is -2.28. The Hall–Kier alpha value is -2.71. The zero-order valence-corrected chi connectivity index (χ0v) is 16.7. The summed E-state index contributed by atoms with van der Waals surface area (Å²) in [6.45, 7) is 3.87. The van der Waals surface area contributed by atoms with Gasteiger partial charge in [-0.15, -0.1) is 0 Å². The van der Waals surface area contributed by atoms with Gasteiger partial charge in [0.05, 0.1) is 4.90 Å². The van der Waals surface area contributed by atoms with E-state index in [0.29, 0.717) is 18.5 Å². The van der Waals surface area contributed by atoms with Crippen LogP contribution in [0.1, 0.15) is 29.5 Å². The monoisotopic (exact) mass is 401 g/mol. The molecule has 0 spiro atoms. The summed E-state index contributed by atoms with van der Waals surface area (Å²) in [5.41, 5.74) is 4.20. The van der Waals surface area contributed by atoms with E-state index in [0.717, 1.165) is 22.4 Å². The van der Waals surface area contributed by atoms with E-state index in [9.17, 15) is 18.0 Å². The van der Waals surface area contributed by atoms with E-state index in [-0.39, 0.29) is 29.7 Å². The fraction of sp³-hybridized carbons (Fsp3) is 0.300. The van der Waals surface area contributed by atoms with E-state index in [4.69, 9.17) is 0 Å². The summed E-state index contributed by atoms with van der Waals surface area (Å²) in [5.74, 6) is -0.334. The topological polar surface area (TPSA) is 104 Å². The van der Waals surface area contributed by atoms with E-state index in [1.54, 1.807) is 12.1 Å². The molecular weight excluding hydrogens is 378 g/mol. The van der Waals surface area contributed by atoms with Crippen LogP contribution in [0.15, 0.2) is 41.3 Å². The lowest BCUT2D eigenvalue weighted by atomic mass is 10.0. The minimum atomic E-state index is -3.73. The van der Waals surface area contributed by atoms with E-state index in [2.05, 4.69) is 15.4 Å². The van der Waals surface area contributed by atoms with Crippen molar-refractivity contribution in [3.05, 3.63) is 53.1 Å². The van der Waals surface area contributed by atoms with Gasteiger partial charge in [-0.2, -0.15) is 0 Å². The summed E-state index contributed by atoms with van der Waals surface area (Å²) in [6, 6.07) is 10.3. The van der Waals surface area contributed by atoms with E-state index in [1.807, 2.05) is 32.0 Å². The molecule has 2 amide bonds. The zero-order valence-electron chi connectivity index (χ0n) is 15.8. The van der Waals surface area contributed by atoms with E-state index < -0.39 is 10.0 Å². The highest BCUT2D eigenvalue weighted by Gasteiger charge is 2.20. The van der Waals surface area contributed by atoms with Crippen LogP contribution in [0.25, 0.3) is 0 Å². The van der Waals surface area contributed by atoms with Crippen LogP contribution in [0.5, 0.6) is 0 Å². The van der Waals surface area contributed by atoms with Crippen molar-refractivity contribution in [2.24, 2.45) is 0 Å². The van der Waals surface area contributed by atoms with Crippen molar-refractivity contribution in [1.82, 2.24) is 4.72 Å². The third-order valence-electron chi connectivity index (χ3n) is 4.58. The highest BCUT2D eigenvalue weighted by molar-refractivity contribution is 7.89. The number of fused-ring (bicyclic) bond motifs is 1. The number of rotatable bonds is 6. The summed E-state index contributed by atoms with van der Waals surface area (Å²) in [6.07, 6.45) is 0.860. The van der Waals surface area contributed by atoms with Gasteiger partial charge < -0.3 is 10.6 Å². The van der Waals surface area contributed by atoms with Gasteiger partial charge in [0.2, 0.25) is 21.8 Å². The van der Waals surface area contributed by atoms with Gasteiger partial charge in [-0.1, -0.05) is 17.7 Å². The Morgan fingerprint density at radius 3 is 2.64 bits per heavy atom. The van der Waals surface area contributed by atoms with Crippen LogP contribution in [0.4, 0.5) is 11.4 Å². The van der Waals surface area contributed by atoms with Gasteiger partial charge in [0.25, 0.3) is 0 Å². The maximum atomic E-state index is 12.5. The maximum Gasteiger partial charge on any atom is 0.240 e. The van der Waals surface area contributed by atoms with E-state index >= 15 is 0 Å². The number of carbonyl (C=O) groups excluding carboxylic acids is 2. The molecular formula is C20H23N3O4S. The molecule has 0 radical (unpaired) electrons. The van der Waals surface area contributed by atoms with Gasteiger partial charge in [-0.25, -0.2) is 13.1 Å². The van der Waals surface area contributed by atoms with Crippen molar-refractivity contribution in [2.45, 2.75) is 38.0 Å². The normalized spacial score (nSPS) is 13.6. The molecule has 8 heteroatoms. The molecule has 0 atom stereocenters. The summed E-state index contributed by atoms with van der Waals surface area (Å²) in [4.78, 5) is 23.6. The third-order valence-corrected chi connectivity index (χ3v) is 6.04. The number of carbonyl (C=O) groups is 2. The molecule has 7 nitrogen and oxygen atoms in total. The Bertz CT molecular complexity index is 1030. The molecule has 1 heterocycles. The molecule has 0 aromatic heterocycles. The Labute approximate surface area is 164 Å². The average molecular weight is 401 g/mol. The number of nitrogens with one attached hydrogen (secondary N) is 3. The number of benzene rings is 2. The fourth-order valence-corrected chi connectivity index (χ4v) is 4.16. The predicted molar refractivity (Wildman–Crippen MR) is 108 cm³/mol. The summed E-state index contributed by atoms with van der Waals surface area (Å²) in [7, 11) is -3.73. The second kappa shape index (κ2) is 8.12. The van der Waals surface area contributed by atoms with E-state index in [1.165, 1.54) is 6.07 Å². The summed E-state index contributed by atoms with van der Waals surface area (Å²) < 4.78 is 27.4. The van der Waals surface area contributed by atoms with Gasteiger partial charge in [0, 0.05) is 30.8 Å². The smallest absolute Gasteiger partial charge is 0.240 e. The molecule has 0 fully saturated rings. The van der Waals surface area contributed by atoms with Crippen LogP contribution in [-0.4, -0.2) is 26.8 Å². The first-order valence-electron chi connectivity index (χ1n) is 9.04. The van der Waals surface area contributed by atoms with Crippen molar-refractivity contribution in [1.29, 1.82) is 0 Å². The largest absolute Gasteiger partial charge is 0.326 e. The first-order chi connectivity index (χ1) is 13.2. The quantitative estimate of drug-likeness (QED) is 0.692. The van der Waals surface area contributed by atoms with Gasteiger partial charge >= 0.3 is 0 Å². The van der Waals surface area contributed by atoms with Crippen LogP contribution in [0.3, 0.4) is 0 Å². The number of hydrogen-bond donors (Lipinski definition) is 3. The van der Waals surface area contributed by atoms with Crippen molar-refractivity contribution in [3.8, 4) is 0 Å². The number of aryl methyl sites for hydroxylation is 3. The van der Waals surface area contributed by atoms with Crippen molar-refractivity contribution in [2.75, 3.05) is 17.2 Å². The molecule has 148 valence electrons. The van der Waals surface area contributed by atoms with Crippen LogP contribution < -0.4 is 15.4 Å². The Balaban J connectivity index is 1.58. The molecule has 0 unspecified atom stereocenters. The third kappa shape index (κ3) is 4.76. The molecule has 0 saturated carbocycles. The lowest BCUT2D eigenvalue weighted by Gasteiger charge is -2.17. The first kappa shape index (κ1) is 20.0. The van der Waals surface area contributed by atoms with Crippen molar-refractivity contribution < 1.29 is 18.0 Å². The minimum absolute atomic E-state index is 0.00705. The second-order valence-corrected chi connectivity index (χ2v) is 8.65. The minimum Gasteiger partial charge on any atom is -0.326 e. The number of anilines is 2. The highest BCUT2D eigenvalue weighted by Crippen LogP contribution is 2.25. The summed E-state index contributed by atoms with van der Waals surface area (Å²) >= 11 is 0.